The molecule has 0 amide bonds. The van der Waals surface area contributed by atoms with E-state index in [2.05, 4.69) is 31.5 Å². The zero-order valence-corrected chi connectivity index (χ0v) is 14.0. The number of aromatic amines is 1. The molecule has 1 fully saturated rings. The highest BCUT2D eigenvalue weighted by atomic mass is 16.3. The normalized spacial score (nSPS) is 29.6. The van der Waals surface area contributed by atoms with Crippen molar-refractivity contribution < 1.29 is 5.11 Å². The second kappa shape index (κ2) is 6.45. The summed E-state index contributed by atoms with van der Waals surface area (Å²) in [5.74, 6) is 0.833. The number of nitriles is 1. The molecule has 4 rings (SSSR count). The molecule has 0 radical (unpaired) electrons. The standard InChI is InChI=1S/C18H22N6O/c19-5-3-15(13-2-1-12(7-13)8-25)18(9-23-24-10-18)16-14-4-6-20-17(14)22-11-21-16/h4,6,9,11-13,15,24-25H,1-3,7-8,10H2,(H,20,21,22). The van der Waals surface area contributed by atoms with Crippen LogP contribution in [-0.4, -0.2) is 39.4 Å². The average molecular weight is 338 g/mol. The number of nitrogens with one attached hydrogen (secondary N) is 2. The van der Waals surface area contributed by atoms with Gasteiger partial charge in [0.2, 0.25) is 0 Å². The van der Waals surface area contributed by atoms with Crippen LogP contribution in [0.15, 0.2) is 23.7 Å². The Hall–Kier alpha value is -2.46. The van der Waals surface area contributed by atoms with E-state index in [1.54, 1.807) is 6.33 Å². The molecule has 4 unspecified atom stereocenters. The molecule has 1 aliphatic carbocycles. The second-order valence-electron chi connectivity index (χ2n) is 7.19. The van der Waals surface area contributed by atoms with Gasteiger partial charge in [-0.25, -0.2) is 9.97 Å². The van der Waals surface area contributed by atoms with E-state index in [0.29, 0.717) is 24.8 Å². The van der Waals surface area contributed by atoms with Gasteiger partial charge in [-0.1, -0.05) is 0 Å². The Labute approximate surface area is 146 Å². The van der Waals surface area contributed by atoms with E-state index in [4.69, 9.17) is 0 Å². The lowest BCUT2D eigenvalue weighted by molar-refractivity contribution is 0.205. The molecule has 130 valence electrons. The molecular formula is C18H22N6O. The fourth-order valence-corrected chi connectivity index (χ4v) is 4.69. The van der Waals surface area contributed by atoms with Crippen LogP contribution in [0.5, 0.6) is 0 Å². The van der Waals surface area contributed by atoms with Crippen molar-refractivity contribution in [1.82, 2.24) is 20.4 Å². The first-order valence-electron chi connectivity index (χ1n) is 8.82. The SMILES string of the molecule is N#CCC(C1CCC(CO)C1)C1(c2ncnc3[nH]ccc23)C=NNC1. The summed E-state index contributed by atoms with van der Waals surface area (Å²) in [5.41, 5.74) is 4.41. The molecule has 0 aromatic carbocycles. The summed E-state index contributed by atoms with van der Waals surface area (Å²) in [6.45, 7) is 0.863. The van der Waals surface area contributed by atoms with Crippen molar-refractivity contribution in [2.24, 2.45) is 22.9 Å². The maximum absolute atomic E-state index is 9.53. The largest absolute Gasteiger partial charge is 0.396 e. The number of hydrazone groups is 1. The monoisotopic (exact) mass is 338 g/mol. The van der Waals surface area contributed by atoms with E-state index < -0.39 is 5.41 Å². The minimum absolute atomic E-state index is 0.112. The number of hydrogen-bond acceptors (Lipinski definition) is 6. The van der Waals surface area contributed by atoms with Crippen LogP contribution in [0.2, 0.25) is 0 Å². The minimum Gasteiger partial charge on any atom is -0.396 e. The van der Waals surface area contributed by atoms with Gasteiger partial charge in [0.05, 0.1) is 17.2 Å². The lowest BCUT2D eigenvalue weighted by Crippen LogP contribution is -2.44. The van der Waals surface area contributed by atoms with Crippen molar-refractivity contribution in [2.45, 2.75) is 31.1 Å². The van der Waals surface area contributed by atoms with Crippen LogP contribution < -0.4 is 5.43 Å². The van der Waals surface area contributed by atoms with Crippen molar-refractivity contribution in [3.05, 3.63) is 24.3 Å². The van der Waals surface area contributed by atoms with Crippen molar-refractivity contribution in [3.8, 4) is 6.07 Å². The fourth-order valence-electron chi connectivity index (χ4n) is 4.69. The maximum atomic E-state index is 9.53. The molecule has 7 heteroatoms. The Morgan fingerprint density at radius 1 is 1.40 bits per heavy atom. The molecule has 1 aliphatic heterocycles. The van der Waals surface area contributed by atoms with Gasteiger partial charge in [-0.15, -0.1) is 0 Å². The van der Waals surface area contributed by atoms with Gasteiger partial charge in [0.25, 0.3) is 0 Å². The van der Waals surface area contributed by atoms with Crippen LogP contribution >= 0.6 is 0 Å². The van der Waals surface area contributed by atoms with Gasteiger partial charge < -0.3 is 15.5 Å². The summed E-state index contributed by atoms with van der Waals surface area (Å²) >= 11 is 0. The molecule has 7 nitrogen and oxygen atoms in total. The molecule has 0 bridgehead atoms. The molecule has 1 saturated carbocycles. The average Bonchev–Trinajstić information content (AvgIpc) is 3.39. The van der Waals surface area contributed by atoms with Crippen molar-refractivity contribution >= 4 is 17.2 Å². The molecule has 0 saturated heterocycles. The number of H-pyrrole nitrogens is 1. The van der Waals surface area contributed by atoms with Gasteiger partial charge in [0.15, 0.2) is 0 Å². The lowest BCUT2D eigenvalue weighted by Gasteiger charge is -2.37. The number of fused-ring (bicyclic) bond motifs is 1. The number of rotatable bonds is 5. The zero-order chi connectivity index (χ0) is 17.3. The smallest absolute Gasteiger partial charge is 0.140 e. The van der Waals surface area contributed by atoms with Crippen LogP contribution in [-0.2, 0) is 5.41 Å². The number of aromatic nitrogens is 3. The van der Waals surface area contributed by atoms with E-state index in [0.717, 1.165) is 36.0 Å². The fraction of sp³-hybridized carbons (Fsp3) is 0.556. The van der Waals surface area contributed by atoms with Crippen LogP contribution in [0.4, 0.5) is 0 Å². The zero-order valence-electron chi connectivity index (χ0n) is 14.0. The van der Waals surface area contributed by atoms with Gasteiger partial charge in [0, 0.05) is 37.4 Å². The van der Waals surface area contributed by atoms with E-state index in [-0.39, 0.29) is 12.5 Å². The van der Waals surface area contributed by atoms with Gasteiger partial charge in [0.1, 0.15) is 12.0 Å². The van der Waals surface area contributed by atoms with Crippen molar-refractivity contribution in [3.63, 3.8) is 0 Å². The Balaban J connectivity index is 1.80. The molecule has 3 N–H and O–H groups in total. The molecule has 2 aromatic heterocycles. The molecule has 2 aliphatic rings. The summed E-state index contributed by atoms with van der Waals surface area (Å²) in [6.07, 6.45) is 8.85. The summed E-state index contributed by atoms with van der Waals surface area (Å²) in [4.78, 5) is 12.1. The molecule has 0 spiro atoms. The summed E-state index contributed by atoms with van der Waals surface area (Å²) in [5, 5.41) is 24.3. The van der Waals surface area contributed by atoms with Gasteiger partial charge in [-0.05, 0) is 43.1 Å². The Morgan fingerprint density at radius 3 is 3.04 bits per heavy atom. The second-order valence-corrected chi connectivity index (χ2v) is 7.19. The highest BCUT2D eigenvalue weighted by Gasteiger charge is 2.48. The maximum Gasteiger partial charge on any atom is 0.140 e. The highest BCUT2D eigenvalue weighted by molar-refractivity contribution is 5.86. The number of hydrogen-bond donors (Lipinski definition) is 3. The molecule has 2 aromatic rings. The Morgan fingerprint density at radius 2 is 2.32 bits per heavy atom. The van der Waals surface area contributed by atoms with E-state index in [9.17, 15) is 10.4 Å². The summed E-state index contributed by atoms with van der Waals surface area (Å²) in [6, 6.07) is 4.38. The third-order valence-electron chi connectivity index (χ3n) is 5.93. The minimum atomic E-state index is -0.422. The molecule has 3 heterocycles. The Bertz CT molecular complexity index is 824. The first kappa shape index (κ1) is 16.0. The van der Waals surface area contributed by atoms with Crippen LogP contribution in [0.25, 0.3) is 11.0 Å². The predicted molar refractivity (Wildman–Crippen MR) is 93.7 cm³/mol. The van der Waals surface area contributed by atoms with Crippen molar-refractivity contribution in [1.29, 1.82) is 5.26 Å². The first-order valence-corrected chi connectivity index (χ1v) is 8.82. The Kier molecular flexibility index (Phi) is 4.14. The number of aliphatic hydroxyl groups excluding tert-OH is 1. The van der Waals surface area contributed by atoms with Crippen LogP contribution in [0, 0.1) is 29.1 Å². The van der Waals surface area contributed by atoms with Gasteiger partial charge >= 0.3 is 0 Å². The van der Waals surface area contributed by atoms with E-state index in [1.165, 1.54) is 0 Å². The highest BCUT2D eigenvalue weighted by Crippen LogP contribution is 2.47. The number of aliphatic hydroxyl groups is 1. The third-order valence-corrected chi connectivity index (χ3v) is 5.93. The molecule has 4 atom stereocenters. The lowest BCUT2D eigenvalue weighted by atomic mass is 9.65. The summed E-state index contributed by atoms with van der Waals surface area (Å²) in [7, 11) is 0. The predicted octanol–water partition coefficient (Wildman–Crippen LogP) is 1.72. The van der Waals surface area contributed by atoms with E-state index >= 15 is 0 Å². The van der Waals surface area contributed by atoms with Gasteiger partial charge in [-0.3, -0.25) is 0 Å². The molecule has 25 heavy (non-hydrogen) atoms. The topological polar surface area (TPSA) is 110 Å². The third kappa shape index (κ3) is 2.57. The first-order chi connectivity index (χ1) is 12.3. The van der Waals surface area contributed by atoms with E-state index in [1.807, 2.05) is 18.5 Å². The molecular weight excluding hydrogens is 316 g/mol. The van der Waals surface area contributed by atoms with Gasteiger partial charge in [-0.2, -0.15) is 10.4 Å². The summed E-state index contributed by atoms with van der Waals surface area (Å²) < 4.78 is 0. The van der Waals surface area contributed by atoms with Crippen LogP contribution in [0.1, 0.15) is 31.4 Å². The van der Waals surface area contributed by atoms with Crippen molar-refractivity contribution in [2.75, 3.05) is 13.2 Å². The van der Waals surface area contributed by atoms with Crippen LogP contribution in [0.3, 0.4) is 0 Å². The number of nitrogens with zero attached hydrogens (tertiary/aromatic N) is 4. The quantitative estimate of drug-likeness (QED) is 0.769.